The van der Waals surface area contributed by atoms with Crippen LogP contribution in [0.2, 0.25) is 0 Å². The molecule has 0 aliphatic heterocycles. The molecule has 2 nitrogen and oxygen atoms in total. The molecule has 0 radical (unpaired) electrons. The van der Waals surface area contributed by atoms with Crippen LogP contribution in [0.25, 0.3) is 0 Å². The van der Waals surface area contributed by atoms with Crippen molar-refractivity contribution in [2.24, 2.45) is 0 Å². The summed E-state index contributed by atoms with van der Waals surface area (Å²) in [7, 11) is 0. The fourth-order valence-electron chi connectivity index (χ4n) is 3.37. The quantitative estimate of drug-likeness (QED) is 0.389. The summed E-state index contributed by atoms with van der Waals surface area (Å²) in [5, 5.41) is 0. The van der Waals surface area contributed by atoms with Gasteiger partial charge in [-0.25, -0.2) is 4.57 Å². The molecule has 3 heteroatoms. The molecule has 0 saturated carbocycles. The second kappa shape index (κ2) is 11.2. The lowest BCUT2D eigenvalue weighted by Gasteiger charge is -2.30. The number of ether oxygens (including phenoxy) is 1. The number of hydrogen-bond acceptors (Lipinski definition) is 1. The van der Waals surface area contributed by atoms with Crippen molar-refractivity contribution in [3.8, 4) is 5.75 Å². The molecular formula is C26H40BrNO. The molecule has 1 aromatic carbocycles. The summed E-state index contributed by atoms with van der Waals surface area (Å²) in [6.45, 7) is 17.8. The van der Waals surface area contributed by atoms with Gasteiger partial charge in [-0.1, -0.05) is 53.7 Å². The second-order valence-electron chi connectivity index (χ2n) is 9.36. The number of halogens is 1. The van der Waals surface area contributed by atoms with Gasteiger partial charge in [0, 0.05) is 23.6 Å². The first kappa shape index (κ1) is 25.7. The van der Waals surface area contributed by atoms with Crippen LogP contribution in [0.5, 0.6) is 5.75 Å². The Morgan fingerprint density at radius 2 is 1.62 bits per heavy atom. The lowest BCUT2D eigenvalue weighted by molar-refractivity contribution is -0.697. The predicted octanol–water partition coefficient (Wildman–Crippen LogP) is 3.52. The van der Waals surface area contributed by atoms with Gasteiger partial charge >= 0.3 is 0 Å². The van der Waals surface area contributed by atoms with Gasteiger partial charge < -0.3 is 21.7 Å². The summed E-state index contributed by atoms with van der Waals surface area (Å²) in [4.78, 5) is 0. The van der Waals surface area contributed by atoms with Crippen LogP contribution in [0.15, 0.2) is 42.7 Å². The van der Waals surface area contributed by atoms with E-state index in [1.54, 1.807) is 0 Å². The van der Waals surface area contributed by atoms with Crippen LogP contribution in [-0.2, 0) is 17.4 Å². The molecular weight excluding hydrogens is 422 g/mol. The van der Waals surface area contributed by atoms with E-state index in [2.05, 4.69) is 95.8 Å². The van der Waals surface area contributed by atoms with Gasteiger partial charge in [0.05, 0.1) is 6.61 Å². The highest BCUT2D eigenvalue weighted by atomic mass is 79.9. The van der Waals surface area contributed by atoms with Gasteiger partial charge in [-0.15, -0.1) is 0 Å². The summed E-state index contributed by atoms with van der Waals surface area (Å²) in [5.74, 6) is 1.06. The summed E-state index contributed by atoms with van der Waals surface area (Å²) in [6.07, 6.45) is 8.77. The monoisotopic (exact) mass is 461 g/mol. The molecule has 0 amide bonds. The number of aromatic nitrogens is 1. The molecule has 0 aliphatic rings. The molecule has 0 saturated heterocycles. The molecule has 162 valence electrons. The van der Waals surface area contributed by atoms with Crippen molar-refractivity contribution in [2.45, 2.75) is 91.5 Å². The zero-order valence-corrected chi connectivity index (χ0v) is 21.1. The average molecular weight is 463 g/mol. The van der Waals surface area contributed by atoms with E-state index in [0.29, 0.717) is 0 Å². The van der Waals surface area contributed by atoms with E-state index in [-0.39, 0.29) is 27.8 Å². The van der Waals surface area contributed by atoms with Crippen molar-refractivity contribution < 1.29 is 26.3 Å². The van der Waals surface area contributed by atoms with E-state index < -0.39 is 0 Å². The van der Waals surface area contributed by atoms with Crippen LogP contribution in [0.4, 0.5) is 0 Å². The van der Waals surface area contributed by atoms with Gasteiger partial charge in [0.1, 0.15) is 12.3 Å². The number of pyridine rings is 1. The van der Waals surface area contributed by atoms with Gasteiger partial charge in [0.25, 0.3) is 0 Å². The molecule has 0 unspecified atom stereocenters. The maximum absolute atomic E-state index is 6.28. The molecule has 0 N–H and O–H groups in total. The smallest absolute Gasteiger partial charge is 0.171 e. The number of unbranched alkanes of at least 4 members (excludes halogenated alkanes) is 1. The maximum atomic E-state index is 6.28. The van der Waals surface area contributed by atoms with Crippen molar-refractivity contribution in [1.82, 2.24) is 0 Å². The minimum Gasteiger partial charge on any atom is -1.00 e. The Balaban J connectivity index is 0.00000420. The lowest BCUT2D eigenvalue weighted by atomic mass is 9.76. The van der Waals surface area contributed by atoms with E-state index in [1.807, 2.05) is 0 Å². The topological polar surface area (TPSA) is 13.1 Å². The third-order valence-corrected chi connectivity index (χ3v) is 6.33. The molecule has 0 atom stereocenters. The van der Waals surface area contributed by atoms with E-state index in [9.17, 15) is 0 Å². The van der Waals surface area contributed by atoms with Crippen LogP contribution in [0.3, 0.4) is 0 Å². The molecule has 29 heavy (non-hydrogen) atoms. The minimum atomic E-state index is 0. The molecule has 1 heterocycles. The molecule has 0 spiro atoms. The highest BCUT2D eigenvalue weighted by Crippen LogP contribution is 2.38. The fraction of sp³-hybridized carbons (Fsp3) is 0.577. The van der Waals surface area contributed by atoms with Crippen LogP contribution in [-0.4, -0.2) is 6.61 Å². The first-order valence-corrected chi connectivity index (χ1v) is 10.9. The molecule has 2 aromatic rings. The lowest BCUT2D eigenvalue weighted by Crippen LogP contribution is -3.00. The Labute approximate surface area is 189 Å². The SMILES string of the molecule is CCC(C)(C)c1ccc(OCCCC[n+]2cccc(C)c2)c(C(C)(C)CC)c1.[Br-]. The first-order valence-electron chi connectivity index (χ1n) is 10.9. The summed E-state index contributed by atoms with van der Waals surface area (Å²) < 4.78 is 8.55. The highest BCUT2D eigenvalue weighted by Gasteiger charge is 2.26. The zero-order valence-electron chi connectivity index (χ0n) is 19.5. The Morgan fingerprint density at radius 3 is 2.24 bits per heavy atom. The molecule has 1 aromatic heterocycles. The zero-order chi connectivity index (χ0) is 20.8. The Hall–Kier alpha value is -1.35. The van der Waals surface area contributed by atoms with E-state index in [4.69, 9.17) is 4.74 Å². The fourth-order valence-corrected chi connectivity index (χ4v) is 3.37. The second-order valence-corrected chi connectivity index (χ2v) is 9.36. The molecule has 0 aliphatic carbocycles. The summed E-state index contributed by atoms with van der Waals surface area (Å²) in [6, 6.07) is 11.1. The van der Waals surface area contributed by atoms with Crippen molar-refractivity contribution in [3.63, 3.8) is 0 Å². The van der Waals surface area contributed by atoms with E-state index >= 15 is 0 Å². The predicted molar refractivity (Wildman–Crippen MR) is 119 cm³/mol. The average Bonchev–Trinajstić information content (AvgIpc) is 2.67. The minimum absolute atomic E-state index is 0. The van der Waals surface area contributed by atoms with Crippen molar-refractivity contribution in [3.05, 3.63) is 59.4 Å². The third-order valence-electron chi connectivity index (χ3n) is 6.33. The maximum Gasteiger partial charge on any atom is 0.171 e. The van der Waals surface area contributed by atoms with Gasteiger partial charge in [-0.2, -0.15) is 0 Å². The summed E-state index contributed by atoms with van der Waals surface area (Å²) >= 11 is 0. The standard InChI is InChI=1S/C26H40NO.BrH/c1-8-25(4,5)22-14-15-24(23(19-22)26(6,7)9-2)28-18-11-10-16-27-17-12-13-21(3)20-27;/h12-15,17,19-20H,8-11,16,18H2,1-7H3;1H/q+1;/p-1. The highest BCUT2D eigenvalue weighted by molar-refractivity contribution is 5.44. The third kappa shape index (κ3) is 7.13. The van der Waals surface area contributed by atoms with Gasteiger partial charge in [-0.3, -0.25) is 0 Å². The largest absolute Gasteiger partial charge is 1.00 e. The number of benzene rings is 1. The van der Waals surface area contributed by atoms with Crippen molar-refractivity contribution in [2.75, 3.05) is 6.61 Å². The number of aryl methyl sites for hydroxylation is 2. The summed E-state index contributed by atoms with van der Waals surface area (Å²) in [5.41, 5.74) is 4.38. The number of hydrogen-bond donors (Lipinski definition) is 0. The Morgan fingerprint density at radius 1 is 0.931 bits per heavy atom. The molecule has 0 fully saturated rings. The van der Waals surface area contributed by atoms with Crippen LogP contribution in [0.1, 0.15) is 83.9 Å². The molecule has 2 rings (SSSR count). The van der Waals surface area contributed by atoms with Crippen molar-refractivity contribution >= 4 is 0 Å². The Kier molecular flexibility index (Phi) is 9.88. The van der Waals surface area contributed by atoms with Gasteiger partial charge in [0.2, 0.25) is 0 Å². The van der Waals surface area contributed by atoms with Crippen LogP contribution in [0, 0.1) is 6.92 Å². The van der Waals surface area contributed by atoms with Crippen LogP contribution >= 0.6 is 0 Å². The van der Waals surface area contributed by atoms with E-state index in [1.165, 1.54) is 16.7 Å². The Bertz CT molecular complexity index is 767. The van der Waals surface area contributed by atoms with Crippen LogP contribution < -0.4 is 26.3 Å². The van der Waals surface area contributed by atoms with Gasteiger partial charge in [-0.05, 0) is 54.7 Å². The normalized spacial score (nSPS) is 11.8. The van der Waals surface area contributed by atoms with Gasteiger partial charge in [0.15, 0.2) is 12.4 Å². The molecule has 0 bridgehead atoms. The first-order chi connectivity index (χ1) is 13.2. The van der Waals surface area contributed by atoms with Crippen molar-refractivity contribution in [1.29, 1.82) is 0 Å². The number of nitrogens with zero attached hydrogens (tertiary/aromatic N) is 1. The number of rotatable bonds is 10. The van der Waals surface area contributed by atoms with E-state index in [0.717, 1.165) is 44.6 Å².